The molecule has 0 amide bonds. The van der Waals surface area contributed by atoms with Crippen LogP contribution in [0.2, 0.25) is 0 Å². The van der Waals surface area contributed by atoms with E-state index in [1.807, 2.05) is 0 Å². The molecule has 0 heterocycles. The molecule has 0 aromatic rings. The molecule has 0 N–H and O–H groups in total. The van der Waals surface area contributed by atoms with Gasteiger partial charge in [0.05, 0.1) is 0 Å². The lowest BCUT2D eigenvalue weighted by Crippen LogP contribution is -2.30. The summed E-state index contributed by atoms with van der Waals surface area (Å²) in [5.74, 6) is -0.957. The number of carbonyl (C=O) groups is 3. The molecule has 0 bridgehead atoms. The van der Waals surface area contributed by atoms with Crippen molar-refractivity contribution in [1.82, 2.24) is 0 Å². The Morgan fingerprint density at radius 2 is 0.536 bits per heavy atom. The van der Waals surface area contributed by atoms with E-state index in [2.05, 4.69) is 93.7 Å². The van der Waals surface area contributed by atoms with Crippen molar-refractivity contribution in [3.8, 4) is 0 Å². The third-order valence-corrected chi connectivity index (χ3v) is 12.7. The molecule has 1 atom stereocenters. The minimum absolute atomic E-state index is 0.0990. The van der Waals surface area contributed by atoms with E-state index in [0.29, 0.717) is 19.3 Å². The van der Waals surface area contributed by atoms with Crippen molar-refractivity contribution < 1.29 is 28.6 Å². The van der Waals surface area contributed by atoms with Crippen LogP contribution in [0, 0.1) is 0 Å². The number of allylic oxidation sites excluding steroid dienone is 12. The van der Waals surface area contributed by atoms with Crippen molar-refractivity contribution in [1.29, 1.82) is 0 Å². The zero-order valence-electron chi connectivity index (χ0n) is 45.6. The standard InChI is InChI=1S/C63H110O6/c1-4-7-10-13-16-19-22-25-27-29-30-31-32-34-35-38-41-44-47-50-53-56-62(65)68-59-60(58-67-61(64)55-52-49-46-43-40-37-24-21-18-15-12-9-6-3)69-63(66)57-54-51-48-45-42-39-36-33-28-26-23-20-17-14-11-8-5-2/h17,20-21,24-28,36,39,45,48,60H,4-16,18-19,22-23,29-35,37-38,40-44,46-47,49-59H2,1-3H3/b20-17-,24-21-,27-25-,28-26-,39-36-,48-45-/t60-/m0/s1. The highest BCUT2D eigenvalue weighted by Gasteiger charge is 2.19. The van der Waals surface area contributed by atoms with E-state index in [0.717, 1.165) is 70.6 Å². The predicted octanol–water partition coefficient (Wildman–Crippen LogP) is 19.8. The number of hydrogen-bond donors (Lipinski definition) is 0. The minimum atomic E-state index is -0.807. The molecule has 6 nitrogen and oxygen atoms in total. The highest BCUT2D eigenvalue weighted by molar-refractivity contribution is 5.71. The summed E-state index contributed by atoms with van der Waals surface area (Å²) in [5, 5.41) is 0. The SMILES string of the molecule is CCCCC/C=C\C/C=C\C/C=C\C/C=C\CCCC(=O)O[C@@H](COC(=O)CCCCCCC/C=C\CCCCCC)COC(=O)CCCCCCCCCCCCC/C=C\CCCCCCCC. The Balaban J connectivity index is 4.41. The zero-order valence-corrected chi connectivity index (χ0v) is 45.6. The number of rotatable bonds is 53. The van der Waals surface area contributed by atoms with Gasteiger partial charge in [-0.25, -0.2) is 0 Å². The largest absolute Gasteiger partial charge is 0.462 e. The maximum Gasteiger partial charge on any atom is 0.306 e. The maximum atomic E-state index is 12.8. The Labute approximate surface area is 427 Å². The third kappa shape index (κ3) is 55.6. The van der Waals surface area contributed by atoms with Crippen LogP contribution in [0.3, 0.4) is 0 Å². The monoisotopic (exact) mass is 963 g/mol. The van der Waals surface area contributed by atoms with Gasteiger partial charge >= 0.3 is 17.9 Å². The summed E-state index contributed by atoms with van der Waals surface area (Å²) in [7, 11) is 0. The lowest BCUT2D eigenvalue weighted by Gasteiger charge is -2.18. The van der Waals surface area contributed by atoms with Gasteiger partial charge in [-0.05, 0) is 109 Å². The molecule has 69 heavy (non-hydrogen) atoms. The van der Waals surface area contributed by atoms with Crippen molar-refractivity contribution in [2.75, 3.05) is 13.2 Å². The van der Waals surface area contributed by atoms with E-state index in [-0.39, 0.29) is 37.5 Å². The van der Waals surface area contributed by atoms with Gasteiger partial charge in [0.1, 0.15) is 13.2 Å². The van der Waals surface area contributed by atoms with Gasteiger partial charge in [0.15, 0.2) is 6.10 Å². The Kier molecular flexibility index (Phi) is 54.8. The number of esters is 3. The normalized spacial score (nSPS) is 12.6. The fourth-order valence-corrected chi connectivity index (χ4v) is 8.19. The number of ether oxygens (including phenoxy) is 3. The maximum absolute atomic E-state index is 12.8. The van der Waals surface area contributed by atoms with E-state index in [1.54, 1.807) is 0 Å². The van der Waals surface area contributed by atoms with E-state index in [1.165, 1.54) is 173 Å². The van der Waals surface area contributed by atoms with E-state index < -0.39 is 6.10 Å². The Morgan fingerprint density at radius 3 is 0.913 bits per heavy atom. The van der Waals surface area contributed by atoms with Gasteiger partial charge in [0.2, 0.25) is 0 Å². The van der Waals surface area contributed by atoms with E-state index >= 15 is 0 Å². The van der Waals surface area contributed by atoms with Crippen LogP contribution in [0.4, 0.5) is 0 Å². The second kappa shape index (κ2) is 57.4. The minimum Gasteiger partial charge on any atom is -0.462 e. The summed E-state index contributed by atoms with van der Waals surface area (Å²) in [6.07, 6.45) is 73.3. The summed E-state index contributed by atoms with van der Waals surface area (Å²) in [6.45, 7) is 6.56. The average molecular weight is 964 g/mol. The van der Waals surface area contributed by atoms with Crippen molar-refractivity contribution in [3.63, 3.8) is 0 Å². The van der Waals surface area contributed by atoms with Crippen LogP contribution in [0.5, 0.6) is 0 Å². The predicted molar refractivity (Wildman–Crippen MR) is 298 cm³/mol. The van der Waals surface area contributed by atoms with Crippen LogP contribution in [0.1, 0.15) is 290 Å². The number of unbranched alkanes of at least 4 members (excludes halogenated alkanes) is 30. The summed E-state index contributed by atoms with van der Waals surface area (Å²) in [5.41, 5.74) is 0. The van der Waals surface area contributed by atoms with Crippen molar-refractivity contribution in [2.45, 2.75) is 297 Å². The fraction of sp³-hybridized carbons (Fsp3) is 0.762. The second-order valence-electron chi connectivity index (χ2n) is 19.5. The number of carbonyl (C=O) groups excluding carboxylic acids is 3. The zero-order chi connectivity index (χ0) is 50.0. The van der Waals surface area contributed by atoms with Crippen molar-refractivity contribution >= 4 is 17.9 Å². The van der Waals surface area contributed by atoms with Gasteiger partial charge < -0.3 is 14.2 Å². The average Bonchev–Trinajstić information content (AvgIpc) is 3.35. The molecular weight excluding hydrogens is 853 g/mol. The Hall–Kier alpha value is -3.15. The summed E-state index contributed by atoms with van der Waals surface area (Å²) in [6, 6.07) is 0. The lowest BCUT2D eigenvalue weighted by atomic mass is 10.0. The highest BCUT2D eigenvalue weighted by Crippen LogP contribution is 2.15. The van der Waals surface area contributed by atoms with Gasteiger partial charge in [-0.3, -0.25) is 14.4 Å². The molecule has 0 saturated carbocycles. The molecule has 0 saturated heterocycles. The Morgan fingerprint density at radius 1 is 0.290 bits per heavy atom. The third-order valence-electron chi connectivity index (χ3n) is 12.7. The summed E-state index contributed by atoms with van der Waals surface area (Å²) >= 11 is 0. The molecule has 0 spiro atoms. The van der Waals surface area contributed by atoms with E-state index in [4.69, 9.17) is 14.2 Å². The van der Waals surface area contributed by atoms with Gasteiger partial charge in [-0.1, -0.05) is 235 Å². The lowest BCUT2D eigenvalue weighted by molar-refractivity contribution is -0.167. The first kappa shape index (κ1) is 65.8. The van der Waals surface area contributed by atoms with Crippen molar-refractivity contribution in [2.24, 2.45) is 0 Å². The van der Waals surface area contributed by atoms with Gasteiger partial charge in [-0.15, -0.1) is 0 Å². The highest BCUT2D eigenvalue weighted by atomic mass is 16.6. The van der Waals surface area contributed by atoms with E-state index in [9.17, 15) is 14.4 Å². The molecule has 0 rings (SSSR count). The molecule has 0 aromatic carbocycles. The second-order valence-corrected chi connectivity index (χ2v) is 19.5. The molecule has 0 aliphatic carbocycles. The number of hydrogen-bond acceptors (Lipinski definition) is 6. The molecule has 0 aromatic heterocycles. The quantitative estimate of drug-likeness (QED) is 0.0262. The smallest absolute Gasteiger partial charge is 0.306 e. The summed E-state index contributed by atoms with van der Waals surface area (Å²) < 4.78 is 16.8. The fourth-order valence-electron chi connectivity index (χ4n) is 8.19. The topological polar surface area (TPSA) is 78.9 Å². The molecule has 0 unspecified atom stereocenters. The molecule has 0 radical (unpaired) electrons. The molecule has 0 aliphatic rings. The molecular formula is C63H110O6. The molecule has 0 fully saturated rings. The van der Waals surface area contributed by atoms with Crippen LogP contribution < -0.4 is 0 Å². The van der Waals surface area contributed by atoms with Crippen LogP contribution >= 0.6 is 0 Å². The van der Waals surface area contributed by atoms with Crippen LogP contribution in [0.25, 0.3) is 0 Å². The van der Waals surface area contributed by atoms with Gasteiger partial charge in [0.25, 0.3) is 0 Å². The van der Waals surface area contributed by atoms with Gasteiger partial charge in [0, 0.05) is 19.3 Å². The first-order chi connectivity index (χ1) is 34.0. The van der Waals surface area contributed by atoms with Crippen LogP contribution in [-0.2, 0) is 28.6 Å². The summed E-state index contributed by atoms with van der Waals surface area (Å²) in [4.78, 5) is 38.1. The van der Waals surface area contributed by atoms with Crippen LogP contribution in [0.15, 0.2) is 72.9 Å². The Bertz CT molecular complexity index is 1290. The van der Waals surface area contributed by atoms with Gasteiger partial charge in [-0.2, -0.15) is 0 Å². The first-order valence-electron chi connectivity index (χ1n) is 29.4. The van der Waals surface area contributed by atoms with Crippen LogP contribution in [-0.4, -0.2) is 37.2 Å². The molecule has 6 heteroatoms. The first-order valence-corrected chi connectivity index (χ1v) is 29.4. The van der Waals surface area contributed by atoms with Crippen molar-refractivity contribution in [3.05, 3.63) is 72.9 Å². The molecule has 0 aliphatic heterocycles. The molecule has 398 valence electrons.